The van der Waals surface area contributed by atoms with Gasteiger partial charge in [-0.05, 0) is 29.2 Å². The third-order valence-electron chi connectivity index (χ3n) is 6.10. The van der Waals surface area contributed by atoms with Crippen molar-refractivity contribution >= 4 is 0 Å². The van der Waals surface area contributed by atoms with Crippen molar-refractivity contribution < 1.29 is 0 Å². The molecule has 1 N–H and O–H groups in total. The Morgan fingerprint density at radius 3 is 2.26 bits per heavy atom. The zero-order valence-corrected chi connectivity index (χ0v) is 15.8. The smallest absolute Gasteiger partial charge is 0.0282 e. The first-order chi connectivity index (χ1) is 13.3. The Bertz CT molecular complexity index is 905. The standard InChI is InChI=1S/C25H26N2/c1-18-6-5-9-22(14-18)20-10-12-21(13-11-20)25-23-16-27(17-24(25)26-23)15-19-7-3-2-4-8-19/h2-14,23-26H,15-17H2,1H3/t23-,24+,25?. The van der Waals surface area contributed by atoms with E-state index < -0.39 is 0 Å². The highest BCUT2D eigenvalue weighted by molar-refractivity contribution is 5.64. The molecule has 2 bridgehead atoms. The molecule has 3 fully saturated rings. The molecular weight excluding hydrogens is 328 g/mol. The summed E-state index contributed by atoms with van der Waals surface area (Å²) in [6, 6.07) is 30.0. The van der Waals surface area contributed by atoms with E-state index in [1.54, 1.807) is 0 Å². The van der Waals surface area contributed by atoms with Crippen molar-refractivity contribution in [2.24, 2.45) is 0 Å². The zero-order valence-electron chi connectivity index (χ0n) is 15.8. The van der Waals surface area contributed by atoms with Crippen molar-refractivity contribution in [2.75, 3.05) is 13.1 Å². The second kappa shape index (κ2) is 6.95. The van der Waals surface area contributed by atoms with Crippen LogP contribution in [0.5, 0.6) is 0 Å². The SMILES string of the molecule is Cc1cccc(-c2ccc(C3[C@@H]4CN(Cc5ccccc5)C[C@H]3N4)cc2)c1. The maximum absolute atomic E-state index is 3.76. The van der Waals surface area contributed by atoms with Crippen LogP contribution in [0.1, 0.15) is 22.6 Å². The van der Waals surface area contributed by atoms with E-state index in [1.165, 1.54) is 27.8 Å². The molecule has 0 aromatic heterocycles. The van der Waals surface area contributed by atoms with Crippen LogP contribution >= 0.6 is 0 Å². The van der Waals surface area contributed by atoms with Gasteiger partial charge in [-0.3, -0.25) is 4.90 Å². The molecule has 136 valence electrons. The van der Waals surface area contributed by atoms with Gasteiger partial charge in [0.05, 0.1) is 0 Å². The Balaban J connectivity index is 1.27. The minimum atomic E-state index is 0.581. The molecule has 0 aliphatic carbocycles. The minimum absolute atomic E-state index is 0.581. The second-order valence-electron chi connectivity index (χ2n) is 8.08. The fourth-order valence-corrected chi connectivity index (χ4v) is 4.77. The molecule has 3 aromatic rings. The summed E-state index contributed by atoms with van der Waals surface area (Å²) in [4.78, 5) is 2.60. The van der Waals surface area contributed by atoms with Crippen molar-refractivity contribution in [3.05, 3.63) is 95.6 Å². The Labute approximate surface area is 161 Å². The second-order valence-corrected chi connectivity index (χ2v) is 8.08. The minimum Gasteiger partial charge on any atom is -0.307 e. The molecular formula is C25H26N2. The van der Waals surface area contributed by atoms with E-state index in [1.807, 2.05) is 0 Å². The number of piperazine rings is 1. The van der Waals surface area contributed by atoms with Crippen molar-refractivity contribution in [2.45, 2.75) is 31.5 Å². The van der Waals surface area contributed by atoms with Crippen LogP contribution in [-0.4, -0.2) is 30.1 Å². The molecule has 6 rings (SSSR count). The summed E-state index contributed by atoms with van der Waals surface area (Å²) in [6.07, 6.45) is 0. The summed E-state index contributed by atoms with van der Waals surface area (Å²) in [5, 5.41) is 3.76. The lowest BCUT2D eigenvalue weighted by molar-refractivity contribution is 0.0471. The van der Waals surface area contributed by atoms with E-state index >= 15 is 0 Å². The molecule has 3 aliphatic heterocycles. The van der Waals surface area contributed by atoms with E-state index in [4.69, 9.17) is 0 Å². The Morgan fingerprint density at radius 1 is 0.815 bits per heavy atom. The number of rotatable bonds is 4. The van der Waals surface area contributed by atoms with Crippen molar-refractivity contribution in [1.29, 1.82) is 0 Å². The number of hydrogen-bond acceptors (Lipinski definition) is 2. The van der Waals surface area contributed by atoms with Crippen LogP contribution in [0.2, 0.25) is 0 Å². The van der Waals surface area contributed by atoms with Crippen LogP contribution in [0.15, 0.2) is 78.9 Å². The van der Waals surface area contributed by atoms with Crippen LogP contribution in [0, 0.1) is 6.92 Å². The average molecular weight is 354 g/mol. The molecule has 27 heavy (non-hydrogen) atoms. The number of benzene rings is 3. The van der Waals surface area contributed by atoms with Crippen LogP contribution in [0.3, 0.4) is 0 Å². The highest BCUT2D eigenvalue weighted by Crippen LogP contribution is 2.38. The van der Waals surface area contributed by atoms with Gasteiger partial charge in [-0.2, -0.15) is 0 Å². The van der Waals surface area contributed by atoms with Gasteiger partial charge in [0.15, 0.2) is 0 Å². The van der Waals surface area contributed by atoms with Gasteiger partial charge >= 0.3 is 0 Å². The van der Waals surface area contributed by atoms with E-state index in [-0.39, 0.29) is 0 Å². The molecule has 0 spiro atoms. The topological polar surface area (TPSA) is 15.3 Å². The highest BCUT2D eigenvalue weighted by Gasteiger charge is 2.46. The van der Waals surface area contributed by atoms with E-state index in [0.29, 0.717) is 18.0 Å². The molecule has 2 heteroatoms. The molecule has 0 saturated carbocycles. The number of aryl methyl sites for hydroxylation is 1. The third kappa shape index (κ3) is 3.31. The summed E-state index contributed by atoms with van der Waals surface area (Å²) in [5.41, 5.74) is 6.83. The number of nitrogens with one attached hydrogen (secondary N) is 1. The van der Waals surface area contributed by atoms with Crippen molar-refractivity contribution in [3.8, 4) is 11.1 Å². The quantitative estimate of drug-likeness (QED) is 0.736. The maximum atomic E-state index is 3.76. The van der Waals surface area contributed by atoms with Gasteiger partial charge < -0.3 is 5.32 Å². The largest absolute Gasteiger partial charge is 0.307 e. The number of piperidine rings is 1. The fourth-order valence-electron chi connectivity index (χ4n) is 4.77. The van der Waals surface area contributed by atoms with Gasteiger partial charge in [0, 0.05) is 37.6 Å². The third-order valence-corrected chi connectivity index (χ3v) is 6.10. The molecule has 3 heterocycles. The van der Waals surface area contributed by atoms with E-state index in [9.17, 15) is 0 Å². The van der Waals surface area contributed by atoms with E-state index in [2.05, 4.69) is 96.0 Å². The molecule has 3 aromatic carbocycles. The predicted octanol–water partition coefficient (Wildman–Crippen LogP) is 4.60. The summed E-state index contributed by atoms with van der Waals surface area (Å²) in [6.45, 7) is 5.49. The maximum Gasteiger partial charge on any atom is 0.0282 e. The molecule has 0 radical (unpaired) electrons. The normalized spacial score (nSPS) is 24.4. The molecule has 3 aliphatic rings. The monoisotopic (exact) mass is 354 g/mol. The van der Waals surface area contributed by atoms with Crippen LogP contribution < -0.4 is 5.32 Å². The summed E-state index contributed by atoms with van der Waals surface area (Å²) < 4.78 is 0. The lowest BCUT2D eigenvalue weighted by atomic mass is 9.74. The number of hydrogen-bond donors (Lipinski definition) is 1. The first kappa shape index (κ1) is 16.7. The molecule has 1 unspecified atom stereocenters. The fraction of sp³-hybridized carbons (Fsp3) is 0.280. The Kier molecular flexibility index (Phi) is 4.31. The highest BCUT2D eigenvalue weighted by atomic mass is 15.3. The van der Waals surface area contributed by atoms with Crippen molar-refractivity contribution in [3.63, 3.8) is 0 Å². The number of nitrogens with zero attached hydrogens (tertiary/aromatic N) is 1. The molecule has 2 nitrogen and oxygen atoms in total. The average Bonchev–Trinajstić information content (AvgIpc) is 2.69. The first-order valence-corrected chi connectivity index (χ1v) is 9.95. The summed E-state index contributed by atoms with van der Waals surface area (Å²) in [5.74, 6) is 0.656. The van der Waals surface area contributed by atoms with Crippen LogP contribution in [0.25, 0.3) is 11.1 Å². The summed E-state index contributed by atoms with van der Waals surface area (Å²) >= 11 is 0. The van der Waals surface area contributed by atoms with Gasteiger partial charge in [-0.15, -0.1) is 0 Å². The lowest BCUT2D eigenvalue weighted by Crippen LogP contribution is -2.71. The van der Waals surface area contributed by atoms with Gasteiger partial charge in [0.1, 0.15) is 0 Å². The van der Waals surface area contributed by atoms with Gasteiger partial charge in [-0.25, -0.2) is 0 Å². The van der Waals surface area contributed by atoms with Crippen molar-refractivity contribution in [1.82, 2.24) is 10.2 Å². The van der Waals surface area contributed by atoms with Gasteiger partial charge in [0.2, 0.25) is 0 Å². The van der Waals surface area contributed by atoms with Gasteiger partial charge in [0.25, 0.3) is 0 Å². The molecule has 3 atom stereocenters. The molecule has 0 amide bonds. The van der Waals surface area contributed by atoms with Gasteiger partial charge in [-0.1, -0.05) is 84.4 Å². The predicted molar refractivity (Wildman–Crippen MR) is 112 cm³/mol. The van der Waals surface area contributed by atoms with Crippen LogP contribution in [0.4, 0.5) is 0 Å². The first-order valence-electron chi connectivity index (χ1n) is 9.95. The van der Waals surface area contributed by atoms with E-state index in [0.717, 1.165) is 19.6 Å². The number of fused-ring (bicyclic) bond motifs is 2. The lowest BCUT2D eigenvalue weighted by Gasteiger charge is -2.55. The zero-order chi connectivity index (χ0) is 18.2. The molecule has 3 saturated heterocycles. The summed E-state index contributed by atoms with van der Waals surface area (Å²) in [7, 11) is 0. The Hall–Kier alpha value is -2.42. The Morgan fingerprint density at radius 2 is 1.56 bits per heavy atom. The van der Waals surface area contributed by atoms with Crippen LogP contribution in [-0.2, 0) is 6.54 Å².